The van der Waals surface area contributed by atoms with Gasteiger partial charge in [0.05, 0.1) is 32.0 Å². The van der Waals surface area contributed by atoms with Crippen LogP contribution in [-0.4, -0.2) is 83.0 Å². The van der Waals surface area contributed by atoms with Gasteiger partial charge in [-0.25, -0.2) is 29.6 Å². The van der Waals surface area contributed by atoms with Crippen molar-refractivity contribution in [2.75, 3.05) is 23.4 Å². The molecule has 6 rings (SSSR count). The Balaban J connectivity index is 1.39. The second kappa shape index (κ2) is 13.9. The highest BCUT2D eigenvalue weighted by Gasteiger charge is 2.66. The molecular weight excluding hydrogens is 619 g/mol. The zero-order valence-corrected chi connectivity index (χ0v) is 28.0. The number of carbonyl (C=O) groups excluding carboxylic acids is 1. The fourth-order valence-corrected chi connectivity index (χ4v) is 8.20. The molecule has 2 saturated heterocycles. The lowest BCUT2D eigenvalue weighted by Crippen LogP contribution is -2.46. The first-order chi connectivity index (χ1) is 22.8. The minimum Gasteiger partial charge on any atom is -0.344 e. The van der Waals surface area contributed by atoms with Crippen LogP contribution in [0.4, 0.5) is 11.8 Å². The van der Waals surface area contributed by atoms with E-state index < -0.39 is 32.5 Å². The Labute approximate surface area is 275 Å². The molecule has 1 unspecified atom stereocenters. The van der Waals surface area contributed by atoms with Gasteiger partial charge in [0.1, 0.15) is 24.1 Å². The number of nitriles is 1. The number of amides is 1. The van der Waals surface area contributed by atoms with Crippen molar-refractivity contribution in [2.45, 2.75) is 83.5 Å². The number of nitrogens with zero attached hydrogens (tertiary/aromatic N) is 9. The van der Waals surface area contributed by atoms with Crippen LogP contribution in [0, 0.1) is 11.3 Å². The van der Waals surface area contributed by atoms with E-state index in [0.29, 0.717) is 41.5 Å². The van der Waals surface area contributed by atoms with Crippen molar-refractivity contribution in [3.63, 3.8) is 0 Å². The molecule has 1 N–H and O–H groups in total. The minimum absolute atomic E-state index is 0.129. The van der Waals surface area contributed by atoms with Crippen LogP contribution in [0.5, 0.6) is 0 Å². The summed E-state index contributed by atoms with van der Waals surface area (Å²) >= 11 is 0. The molecule has 1 aromatic carbocycles. The predicted molar refractivity (Wildman–Crippen MR) is 176 cm³/mol. The third-order valence-corrected chi connectivity index (χ3v) is 10.6. The lowest BCUT2D eigenvalue weighted by atomic mass is 9.96. The summed E-state index contributed by atoms with van der Waals surface area (Å²) in [7, 11) is -1.58. The Bertz CT molecular complexity index is 1710. The smallest absolute Gasteiger partial charge is 0.259 e. The standard InChI is InChI=1S/C32H39N10O4P/c1-6-32-18-40(31-34-15-11-16-35-31)25(26(32)46-47(44-17-10-14-33)42(21(2)3)22(4)5)30(45-32)41-20-38-24-27(36-19-37-28(24)41)39-29(43)23-12-8-7-9-13-23/h7-9,11-13,15-16,19-22,25-26,30H,6,10,17-18H2,1-5H3,(H,36,37,39,43)/t25-,26+,30-,32+,47?/m1/s1. The molecule has 2 aliphatic rings. The Morgan fingerprint density at radius 1 is 1.13 bits per heavy atom. The maximum Gasteiger partial charge on any atom is 0.259 e. The van der Waals surface area contributed by atoms with Gasteiger partial charge in [-0.3, -0.25) is 9.36 Å². The van der Waals surface area contributed by atoms with Gasteiger partial charge in [-0.1, -0.05) is 25.1 Å². The molecule has 0 radical (unpaired) electrons. The van der Waals surface area contributed by atoms with Crippen LogP contribution >= 0.6 is 8.53 Å². The summed E-state index contributed by atoms with van der Waals surface area (Å²) < 4.78 is 24.4. The van der Waals surface area contributed by atoms with Gasteiger partial charge >= 0.3 is 0 Å². The molecule has 47 heavy (non-hydrogen) atoms. The number of fused-ring (bicyclic) bond motifs is 3. The largest absolute Gasteiger partial charge is 0.344 e. The van der Waals surface area contributed by atoms with Crippen LogP contribution in [0.2, 0.25) is 0 Å². The average molecular weight is 659 g/mol. The molecule has 0 aliphatic carbocycles. The average Bonchev–Trinajstić information content (AvgIpc) is 3.74. The van der Waals surface area contributed by atoms with Crippen molar-refractivity contribution in [1.82, 2.24) is 34.2 Å². The van der Waals surface area contributed by atoms with Crippen molar-refractivity contribution in [3.8, 4) is 6.07 Å². The van der Waals surface area contributed by atoms with Gasteiger partial charge in [-0.2, -0.15) is 5.26 Å². The quantitative estimate of drug-likeness (QED) is 0.150. The maximum atomic E-state index is 13.0. The van der Waals surface area contributed by atoms with E-state index in [-0.39, 0.29) is 31.0 Å². The topological polar surface area (TPSA) is 156 Å². The lowest BCUT2D eigenvalue weighted by Gasteiger charge is -2.38. The fraction of sp³-hybridized carbons (Fsp3) is 0.469. The number of carbonyl (C=O) groups is 1. The Hall–Kier alpha value is -4.12. The van der Waals surface area contributed by atoms with Gasteiger partial charge in [0.25, 0.3) is 14.4 Å². The highest BCUT2D eigenvalue weighted by atomic mass is 31.2. The van der Waals surface area contributed by atoms with Crippen LogP contribution in [-0.2, 0) is 13.8 Å². The summed E-state index contributed by atoms with van der Waals surface area (Å²) in [5.41, 5.74) is 0.685. The number of rotatable bonds is 13. The lowest BCUT2D eigenvalue weighted by molar-refractivity contribution is -0.102. The van der Waals surface area contributed by atoms with Gasteiger partial charge < -0.3 is 24.0 Å². The molecule has 5 atom stereocenters. The highest BCUT2D eigenvalue weighted by molar-refractivity contribution is 7.44. The summed E-state index contributed by atoms with van der Waals surface area (Å²) in [4.78, 5) is 37.9. The van der Waals surface area contributed by atoms with Crippen molar-refractivity contribution in [1.29, 1.82) is 5.26 Å². The van der Waals surface area contributed by atoms with Crippen molar-refractivity contribution >= 4 is 37.4 Å². The molecular formula is C32H39N10O4P. The number of aromatic nitrogens is 6. The number of anilines is 2. The van der Waals surface area contributed by atoms with E-state index in [1.165, 1.54) is 6.33 Å². The summed E-state index contributed by atoms with van der Waals surface area (Å²) in [5.74, 6) is 0.557. The van der Waals surface area contributed by atoms with Crippen LogP contribution in [0.3, 0.4) is 0 Å². The number of nitrogens with one attached hydrogen (secondary N) is 1. The second-order valence-electron chi connectivity index (χ2n) is 12.0. The first-order valence-electron chi connectivity index (χ1n) is 15.8. The SMILES string of the molecule is CC[C@@]12CN(c3ncccn3)[C@@H]([C@H](n3cnc4c(NC(=O)c5ccccc5)ncnc43)O1)[C@@H]2OP(OCCC#N)N(C(C)C)C(C)C. The Morgan fingerprint density at radius 3 is 2.55 bits per heavy atom. The van der Waals surface area contributed by atoms with Gasteiger partial charge in [0, 0.05) is 30.0 Å². The van der Waals surface area contributed by atoms with E-state index in [1.807, 2.05) is 10.6 Å². The highest BCUT2D eigenvalue weighted by Crippen LogP contribution is 2.57. The van der Waals surface area contributed by atoms with Crippen LogP contribution in [0.1, 0.15) is 64.0 Å². The van der Waals surface area contributed by atoms with E-state index in [0.717, 1.165) is 0 Å². The van der Waals surface area contributed by atoms with E-state index in [2.05, 4.69) is 80.5 Å². The number of ether oxygens (including phenoxy) is 1. The second-order valence-corrected chi connectivity index (χ2v) is 13.4. The number of morpholine rings is 1. The monoisotopic (exact) mass is 658 g/mol. The zero-order chi connectivity index (χ0) is 33.1. The van der Waals surface area contributed by atoms with Gasteiger partial charge in [0.15, 0.2) is 23.2 Å². The number of benzene rings is 1. The van der Waals surface area contributed by atoms with Crippen molar-refractivity contribution in [3.05, 3.63) is 67.0 Å². The summed E-state index contributed by atoms with van der Waals surface area (Å²) in [6.07, 6.45) is 6.35. The zero-order valence-electron chi connectivity index (χ0n) is 27.1. The summed E-state index contributed by atoms with van der Waals surface area (Å²) in [6, 6.07) is 12.8. The first-order valence-corrected chi connectivity index (χ1v) is 16.9. The van der Waals surface area contributed by atoms with E-state index in [1.54, 1.807) is 49.1 Å². The molecule has 0 spiro atoms. The molecule has 4 aromatic rings. The minimum atomic E-state index is -1.58. The predicted octanol–water partition coefficient (Wildman–Crippen LogP) is 5.10. The molecule has 2 aliphatic heterocycles. The normalized spacial score (nSPS) is 22.8. The summed E-state index contributed by atoms with van der Waals surface area (Å²) in [6.45, 7) is 11.3. The van der Waals surface area contributed by atoms with E-state index in [9.17, 15) is 10.1 Å². The van der Waals surface area contributed by atoms with E-state index >= 15 is 0 Å². The summed E-state index contributed by atoms with van der Waals surface area (Å²) in [5, 5.41) is 12.1. The van der Waals surface area contributed by atoms with Crippen LogP contribution in [0.15, 0.2) is 61.4 Å². The molecule has 15 heteroatoms. The van der Waals surface area contributed by atoms with Crippen molar-refractivity contribution in [2.24, 2.45) is 0 Å². The van der Waals surface area contributed by atoms with Gasteiger partial charge in [-0.05, 0) is 52.3 Å². The third kappa shape index (κ3) is 6.29. The van der Waals surface area contributed by atoms with Crippen molar-refractivity contribution < 1.29 is 18.6 Å². The fourth-order valence-electron chi connectivity index (χ4n) is 6.39. The number of hydrogen-bond donors (Lipinski definition) is 1. The molecule has 0 saturated carbocycles. The molecule has 246 valence electrons. The van der Waals surface area contributed by atoms with Gasteiger partial charge in [-0.15, -0.1) is 0 Å². The third-order valence-electron chi connectivity index (χ3n) is 8.45. The molecule has 2 fully saturated rings. The molecule has 1 amide bonds. The first kappa shape index (κ1) is 32.8. The molecule has 5 heterocycles. The Morgan fingerprint density at radius 2 is 1.87 bits per heavy atom. The maximum absolute atomic E-state index is 13.0. The molecule has 3 aromatic heterocycles. The number of hydrogen-bond acceptors (Lipinski definition) is 12. The number of imidazole rings is 1. The van der Waals surface area contributed by atoms with Crippen LogP contribution < -0.4 is 10.2 Å². The van der Waals surface area contributed by atoms with E-state index in [4.69, 9.17) is 13.8 Å². The Kier molecular flexibility index (Phi) is 9.72. The van der Waals surface area contributed by atoms with Gasteiger partial charge in [0.2, 0.25) is 5.95 Å². The molecule has 14 nitrogen and oxygen atoms in total. The van der Waals surface area contributed by atoms with Crippen LogP contribution in [0.25, 0.3) is 11.2 Å². The molecule has 2 bridgehead atoms.